The fourth-order valence-corrected chi connectivity index (χ4v) is 3.27. The van der Waals surface area contributed by atoms with Gasteiger partial charge >= 0.3 is 0 Å². The van der Waals surface area contributed by atoms with Crippen LogP contribution in [0, 0.1) is 5.41 Å². The van der Waals surface area contributed by atoms with Crippen LogP contribution in [0.3, 0.4) is 0 Å². The van der Waals surface area contributed by atoms with E-state index in [9.17, 15) is 0 Å². The molecule has 2 aliphatic heterocycles. The molecule has 2 heterocycles. The number of hydrogen-bond acceptors (Lipinski definition) is 3. The predicted molar refractivity (Wildman–Crippen MR) is 83.1 cm³/mol. The number of para-hydroxylation sites is 1. The molecule has 1 saturated heterocycles. The maximum absolute atomic E-state index is 5.47. The maximum Gasteiger partial charge on any atom is 0.0471 e. The van der Waals surface area contributed by atoms with Crippen LogP contribution in [0.4, 0.5) is 5.69 Å². The topological polar surface area (TPSA) is 33.3 Å². The normalized spacial score (nSPS) is 21.1. The van der Waals surface area contributed by atoms with Crippen molar-refractivity contribution < 1.29 is 4.74 Å². The van der Waals surface area contributed by atoms with Gasteiger partial charge < -0.3 is 15.4 Å². The summed E-state index contributed by atoms with van der Waals surface area (Å²) in [5.41, 5.74) is 4.68. The lowest BCUT2D eigenvalue weighted by Gasteiger charge is -2.34. The van der Waals surface area contributed by atoms with Gasteiger partial charge in [0.15, 0.2) is 0 Å². The number of hydrogen-bond donors (Lipinski definition) is 2. The summed E-state index contributed by atoms with van der Waals surface area (Å²) in [7, 11) is 0. The van der Waals surface area contributed by atoms with Crippen LogP contribution in [0.25, 0.3) is 0 Å². The van der Waals surface area contributed by atoms with Crippen LogP contribution in [0.15, 0.2) is 18.2 Å². The number of aryl methyl sites for hydroxylation is 1. The lowest BCUT2D eigenvalue weighted by atomic mass is 9.82. The Balaban J connectivity index is 1.58. The molecule has 1 fully saturated rings. The van der Waals surface area contributed by atoms with E-state index in [2.05, 4.69) is 35.8 Å². The minimum Gasteiger partial charge on any atom is -0.385 e. The van der Waals surface area contributed by atoms with E-state index in [-0.39, 0.29) is 0 Å². The monoisotopic (exact) mass is 274 g/mol. The van der Waals surface area contributed by atoms with Gasteiger partial charge in [-0.05, 0) is 42.2 Å². The second kappa shape index (κ2) is 6.15. The lowest BCUT2D eigenvalue weighted by molar-refractivity contribution is 0.0240. The van der Waals surface area contributed by atoms with Gasteiger partial charge in [-0.25, -0.2) is 0 Å². The maximum atomic E-state index is 5.47. The van der Waals surface area contributed by atoms with Gasteiger partial charge in [-0.2, -0.15) is 0 Å². The molecule has 3 heteroatoms. The van der Waals surface area contributed by atoms with Crippen LogP contribution >= 0.6 is 0 Å². The zero-order valence-electron chi connectivity index (χ0n) is 12.5. The molecule has 0 aliphatic carbocycles. The summed E-state index contributed by atoms with van der Waals surface area (Å²) in [6.45, 7) is 7.37. The zero-order chi connectivity index (χ0) is 13.8. The first-order valence-electron chi connectivity index (χ1n) is 7.90. The molecule has 0 amide bonds. The number of ether oxygens (including phenoxy) is 1. The van der Waals surface area contributed by atoms with Crippen molar-refractivity contribution >= 4 is 5.69 Å². The first-order chi connectivity index (χ1) is 9.77. The highest BCUT2D eigenvalue weighted by Gasteiger charge is 2.26. The molecule has 0 spiro atoms. The second-order valence-corrected chi connectivity index (χ2v) is 6.51. The fourth-order valence-electron chi connectivity index (χ4n) is 3.27. The smallest absolute Gasteiger partial charge is 0.0471 e. The Morgan fingerprint density at radius 1 is 1.30 bits per heavy atom. The van der Waals surface area contributed by atoms with Crippen molar-refractivity contribution in [1.29, 1.82) is 0 Å². The van der Waals surface area contributed by atoms with Gasteiger partial charge in [-0.3, -0.25) is 0 Å². The quantitative estimate of drug-likeness (QED) is 0.885. The Morgan fingerprint density at radius 3 is 3.00 bits per heavy atom. The summed E-state index contributed by atoms with van der Waals surface area (Å²) in [5, 5.41) is 7.24. The fraction of sp³-hybridized carbons (Fsp3) is 0.647. The Morgan fingerprint density at radius 2 is 2.15 bits per heavy atom. The molecule has 20 heavy (non-hydrogen) atoms. The van der Waals surface area contributed by atoms with Crippen LogP contribution in [-0.2, 0) is 17.7 Å². The molecular weight excluding hydrogens is 248 g/mol. The highest BCUT2D eigenvalue weighted by Crippen LogP contribution is 2.29. The van der Waals surface area contributed by atoms with Crippen LogP contribution < -0.4 is 10.6 Å². The highest BCUT2D eigenvalue weighted by molar-refractivity contribution is 5.59. The zero-order valence-corrected chi connectivity index (χ0v) is 12.5. The average Bonchev–Trinajstić information content (AvgIpc) is 2.48. The van der Waals surface area contributed by atoms with E-state index in [4.69, 9.17) is 4.74 Å². The van der Waals surface area contributed by atoms with Gasteiger partial charge in [0.25, 0.3) is 0 Å². The van der Waals surface area contributed by atoms with E-state index in [0.29, 0.717) is 5.41 Å². The molecule has 0 aromatic heterocycles. The summed E-state index contributed by atoms with van der Waals surface area (Å²) < 4.78 is 5.47. The van der Waals surface area contributed by atoms with E-state index in [1.54, 1.807) is 0 Å². The van der Waals surface area contributed by atoms with E-state index in [1.807, 2.05) is 0 Å². The van der Waals surface area contributed by atoms with Crippen molar-refractivity contribution in [2.45, 2.75) is 39.2 Å². The SMILES string of the molecule is CC1(CNCc2cccc3c2NCCC3)CCOCC1. The molecule has 0 radical (unpaired) electrons. The molecule has 1 aromatic rings. The number of anilines is 1. The summed E-state index contributed by atoms with van der Waals surface area (Å²) >= 11 is 0. The predicted octanol–water partition coefficient (Wildman–Crippen LogP) is 2.95. The van der Waals surface area contributed by atoms with Crippen molar-refractivity contribution in [1.82, 2.24) is 5.32 Å². The minimum absolute atomic E-state index is 0.403. The first kappa shape index (κ1) is 13.9. The minimum atomic E-state index is 0.403. The van der Waals surface area contributed by atoms with Crippen LogP contribution in [-0.4, -0.2) is 26.3 Å². The summed E-state index contributed by atoms with van der Waals surface area (Å²) in [5.74, 6) is 0. The van der Waals surface area contributed by atoms with Gasteiger partial charge in [0.1, 0.15) is 0 Å². The molecule has 2 aliphatic rings. The Hall–Kier alpha value is -1.06. The molecule has 3 rings (SSSR count). The summed E-state index contributed by atoms with van der Waals surface area (Å²) in [6.07, 6.45) is 4.81. The lowest BCUT2D eigenvalue weighted by Crippen LogP contribution is -2.36. The van der Waals surface area contributed by atoms with Gasteiger partial charge in [0.05, 0.1) is 0 Å². The van der Waals surface area contributed by atoms with Crippen molar-refractivity contribution in [3.8, 4) is 0 Å². The van der Waals surface area contributed by atoms with Gasteiger partial charge in [0.2, 0.25) is 0 Å². The number of nitrogens with one attached hydrogen (secondary N) is 2. The molecule has 0 atom stereocenters. The van der Waals surface area contributed by atoms with E-state index in [0.717, 1.165) is 32.8 Å². The van der Waals surface area contributed by atoms with E-state index in [1.165, 1.54) is 42.5 Å². The molecule has 3 nitrogen and oxygen atoms in total. The van der Waals surface area contributed by atoms with Crippen molar-refractivity contribution in [2.75, 3.05) is 31.6 Å². The molecule has 0 bridgehead atoms. The number of rotatable bonds is 4. The van der Waals surface area contributed by atoms with Crippen molar-refractivity contribution in [3.63, 3.8) is 0 Å². The molecule has 2 N–H and O–H groups in total. The Labute approximate surface area is 122 Å². The molecule has 1 aromatic carbocycles. The van der Waals surface area contributed by atoms with Gasteiger partial charge in [0, 0.05) is 38.5 Å². The molecule has 110 valence electrons. The van der Waals surface area contributed by atoms with E-state index >= 15 is 0 Å². The van der Waals surface area contributed by atoms with Crippen LogP contribution in [0.5, 0.6) is 0 Å². The van der Waals surface area contributed by atoms with Crippen LogP contribution in [0.1, 0.15) is 37.3 Å². The van der Waals surface area contributed by atoms with Crippen molar-refractivity contribution in [3.05, 3.63) is 29.3 Å². The molecule has 0 unspecified atom stereocenters. The molecular formula is C17H26N2O. The van der Waals surface area contributed by atoms with Gasteiger partial charge in [-0.1, -0.05) is 25.1 Å². The van der Waals surface area contributed by atoms with Gasteiger partial charge in [-0.15, -0.1) is 0 Å². The largest absolute Gasteiger partial charge is 0.385 e. The Bertz CT molecular complexity index is 452. The summed E-state index contributed by atoms with van der Waals surface area (Å²) in [6, 6.07) is 6.69. The third kappa shape index (κ3) is 3.15. The van der Waals surface area contributed by atoms with Crippen molar-refractivity contribution in [2.24, 2.45) is 5.41 Å². The number of fused-ring (bicyclic) bond motifs is 1. The first-order valence-corrected chi connectivity index (χ1v) is 7.90. The number of benzene rings is 1. The van der Waals surface area contributed by atoms with E-state index < -0.39 is 0 Å². The highest BCUT2D eigenvalue weighted by atomic mass is 16.5. The standard InChI is InChI=1S/C17H26N2O/c1-17(7-10-20-11-8-17)13-18-12-15-5-2-4-14-6-3-9-19-16(14)15/h2,4-5,18-19H,3,6-13H2,1H3. The molecule has 0 saturated carbocycles. The third-order valence-corrected chi connectivity index (χ3v) is 4.73. The average molecular weight is 274 g/mol. The Kier molecular flexibility index (Phi) is 4.27. The second-order valence-electron chi connectivity index (χ2n) is 6.51. The third-order valence-electron chi connectivity index (χ3n) is 4.73. The summed E-state index contributed by atoms with van der Waals surface area (Å²) in [4.78, 5) is 0. The van der Waals surface area contributed by atoms with Crippen LogP contribution in [0.2, 0.25) is 0 Å².